The first-order valence-corrected chi connectivity index (χ1v) is 6.75. The maximum atomic E-state index is 11.0. The number of non-ortho nitro benzene ring substituents is 1. The van der Waals surface area contributed by atoms with Crippen molar-refractivity contribution in [1.82, 2.24) is 5.32 Å². The molecular formula is C13H17N3O5. The van der Waals surface area contributed by atoms with E-state index in [0.717, 1.165) is 25.5 Å². The third-order valence-corrected chi connectivity index (χ3v) is 3.61. The van der Waals surface area contributed by atoms with Crippen LogP contribution < -0.4 is 5.32 Å². The van der Waals surface area contributed by atoms with Gasteiger partial charge in [0.05, 0.1) is 22.0 Å². The number of rotatable bonds is 6. The molecule has 0 aliphatic carbocycles. The minimum atomic E-state index is -0.640. The maximum Gasteiger partial charge on any atom is 0.280 e. The molecular weight excluding hydrogens is 278 g/mol. The summed E-state index contributed by atoms with van der Waals surface area (Å²) >= 11 is 0. The Morgan fingerprint density at radius 3 is 2.71 bits per heavy atom. The number of nitrogens with one attached hydrogen (secondary N) is 1. The predicted octanol–water partition coefficient (Wildman–Crippen LogP) is 2.16. The molecule has 0 spiro atoms. The molecule has 1 aliphatic heterocycles. The summed E-state index contributed by atoms with van der Waals surface area (Å²) in [5.74, 6) is 0. The van der Waals surface area contributed by atoms with Crippen molar-refractivity contribution in [3.8, 4) is 0 Å². The van der Waals surface area contributed by atoms with Crippen LogP contribution in [0.1, 0.15) is 25.3 Å². The lowest BCUT2D eigenvalue weighted by molar-refractivity contribution is -0.394. The Balaban J connectivity index is 2.08. The zero-order chi connectivity index (χ0) is 15.4. The third-order valence-electron chi connectivity index (χ3n) is 3.61. The molecule has 1 aromatic carbocycles. The Kier molecular flexibility index (Phi) is 4.81. The molecule has 1 fully saturated rings. The third kappa shape index (κ3) is 3.73. The van der Waals surface area contributed by atoms with Gasteiger partial charge in [-0.25, -0.2) is 0 Å². The van der Waals surface area contributed by atoms with Crippen molar-refractivity contribution >= 4 is 11.4 Å². The minimum Gasteiger partial charge on any atom is -0.377 e. The van der Waals surface area contributed by atoms with Crippen LogP contribution in [0.15, 0.2) is 18.2 Å². The second-order valence-electron chi connectivity index (χ2n) is 5.05. The van der Waals surface area contributed by atoms with Gasteiger partial charge in [0.25, 0.3) is 11.4 Å². The first kappa shape index (κ1) is 15.3. The fourth-order valence-corrected chi connectivity index (χ4v) is 2.38. The quantitative estimate of drug-likeness (QED) is 0.636. The minimum absolute atomic E-state index is 0.0716. The zero-order valence-corrected chi connectivity index (χ0v) is 11.7. The molecule has 8 heteroatoms. The smallest absolute Gasteiger partial charge is 0.280 e. The van der Waals surface area contributed by atoms with Crippen molar-refractivity contribution in [1.29, 1.82) is 0 Å². The molecule has 0 amide bonds. The summed E-state index contributed by atoms with van der Waals surface area (Å²) in [7, 11) is 0. The molecule has 1 saturated heterocycles. The van der Waals surface area contributed by atoms with Crippen molar-refractivity contribution < 1.29 is 14.6 Å². The molecule has 1 aliphatic rings. The standard InChI is InChI=1S/C13H17N3O5/c1-9(13-3-2-6-21-13)14-8-10-4-5-11(15(17)18)7-12(10)16(19)20/h4-5,7,9,13-14H,2-3,6,8H2,1H3. The van der Waals surface area contributed by atoms with Gasteiger partial charge in [-0.2, -0.15) is 0 Å². The van der Waals surface area contributed by atoms with Crippen molar-refractivity contribution in [2.75, 3.05) is 6.61 Å². The summed E-state index contributed by atoms with van der Waals surface area (Å²) in [5.41, 5.74) is -0.0932. The van der Waals surface area contributed by atoms with Crippen LogP contribution in [0.4, 0.5) is 11.4 Å². The molecule has 1 aromatic rings. The van der Waals surface area contributed by atoms with E-state index in [2.05, 4.69) is 5.32 Å². The van der Waals surface area contributed by atoms with E-state index in [1.54, 1.807) is 0 Å². The predicted molar refractivity (Wildman–Crippen MR) is 75.0 cm³/mol. The zero-order valence-electron chi connectivity index (χ0n) is 11.7. The Hall–Kier alpha value is -2.06. The van der Waals surface area contributed by atoms with Gasteiger partial charge in [-0.15, -0.1) is 0 Å². The number of nitrogens with zero attached hydrogens (tertiary/aromatic N) is 2. The van der Waals surface area contributed by atoms with Crippen LogP contribution in [-0.4, -0.2) is 28.6 Å². The maximum absolute atomic E-state index is 11.0. The monoisotopic (exact) mass is 295 g/mol. The summed E-state index contributed by atoms with van der Waals surface area (Å²) in [6.45, 7) is 2.98. The highest BCUT2D eigenvalue weighted by molar-refractivity contribution is 5.49. The van der Waals surface area contributed by atoms with Gasteiger partial charge in [-0.1, -0.05) is 0 Å². The van der Waals surface area contributed by atoms with Crippen molar-refractivity contribution in [2.24, 2.45) is 0 Å². The number of nitro benzene ring substituents is 2. The molecule has 21 heavy (non-hydrogen) atoms. The van der Waals surface area contributed by atoms with E-state index in [4.69, 9.17) is 4.74 Å². The molecule has 2 atom stereocenters. The van der Waals surface area contributed by atoms with E-state index in [1.807, 2.05) is 6.92 Å². The highest BCUT2D eigenvalue weighted by atomic mass is 16.6. The molecule has 0 bridgehead atoms. The van der Waals surface area contributed by atoms with E-state index in [-0.39, 0.29) is 30.1 Å². The lowest BCUT2D eigenvalue weighted by atomic mass is 10.1. The summed E-state index contributed by atoms with van der Waals surface area (Å²) in [4.78, 5) is 20.5. The van der Waals surface area contributed by atoms with Gasteiger partial charge in [-0.3, -0.25) is 20.2 Å². The fourth-order valence-electron chi connectivity index (χ4n) is 2.38. The summed E-state index contributed by atoms with van der Waals surface area (Å²) in [6, 6.07) is 3.77. The average molecular weight is 295 g/mol. The highest BCUT2D eigenvalue weighted by Gasteiger charge is 2.24. The number of benzene rings is 1. The summed E-state index contributed by atoms with van der Waals surface area (Å²) in [5, 5.41) is 24.9. The van der Waals surface area contributed by atoms with Crippen LogP contribution in [0, 0.1) is 20.2 Å². The number of hydrogen-bond acceptors (Lipinski definition) is 6. The van der Waals surface area contributed by atoms with Crippen LogP contribution in [0.25, 0.3) is 0 Å². The Morgan fingerprint density at radius 1 is 1.38 bits per heavy atom. The molecule has 0 aromatic heterocycles. The van der Waals surface area contributed by atoms with Gasteiger partial charge in [-0.05, 0) is 25.8 Å². The van der Waals surface area contributed by atoms with E-state index >= 15 is 0 Å². The van der Waals surface area contributed by atoms with Gasteiger partial charge in [0.1, 0.15) is 0 Å². The van der Waals surface area contributed by atoms with Crippen LogP contribution >= 0.6 is 0 Å². The average Bonchev–Trinajstić information content (AvgIpc) is 2.98. The van der Waals surface area contributed by atoms with E-state index in [1.165, 1.54) is 12.1 Å². The topological polar surface area (TPSA) is 108 Å². The first-order valence-electron chi connectivity index (χ1n) is 6.75. The van der Waals surface area contributed by atoms with Crippen LogP contribution in [0.5, 0.6) is 0 Å². The Labute approximate surface area is 121 Å². The van der Waals surface area contributed by atoms with E-state index in [9.17, 15) is 20.2 Å². The number of ether oxygens (including phenoxy) is 1. The van der Waals surface area contributed by atoms with Crippen molar-refractivity contribution in [3.05, 3.63) is 44.0 Å². The van der Waals surface area contributed by atoms with E-state index in [0.29, 0.717) is 5.56 Å². The van der Waals surface area contributed by atoms with Gasteiger partial charge in [0, 0.05) is 30.8 Å². The number of nitro groups is 2. The lowest BCUT2D eigenvalue weighted by Crippen LogP contribution is -2.36. The molecule has 0 saturated carbocycles. The molecule has 8 nitrogen and oxygen atoms in total. The van der Waals surface area contributed by atoms with Gasteiger partial charge >= 0.3 is 0 Å². The normalized spacial score (nSPS) is 19.4. The van der Waals surface area contributed by atoms with Crippen LogP contribution in [-0.2, 0) is 11.3 Å². The van der Waals surface area contributed by atoms with E-state index < -0.39 is 9.85 Å². The molecule has 114 valence electrons. The Bertz CT molecular complexity index is 543. The molecule has 1 heterocycles. The first-order chi connectivity index (χ1) is 9.99. The van der Waals surface area contributed by atoms with Crippen molar-refractivity contribution in [3.63, 3.8) is 0 Å². The molecule has 2 unspecified atom stereocenters. The second-order valence-corrected chi connectivity index (χ2v) is 5.05. The fraction of sp³-hybridized carbons (Fsp3) is 0.538. The van der Waals surface area contributed by atoms with Crippen LogP contribution in [0.3, 0.4) is 0 Å². The summed E-state index contributed by atoms with van der Waals surface area (Å²) < 4.78 is 5.55. The SMILES string of the molecule is CC(NCc1ccc([N+](=O)[O-])cc1[N+](=O)[O-])C1CCCO1. The Morgan fingerprint density at radius 2 is 2.14 bits per heavy atom. The van der Waals surface area contributed by atoms with Gasteiger partial charge in [0.15, 0.2) is 0 Å². The second kappa shape index (κ2) is 6.59. The van der Waals surface area contributed by atoms with Gasteiger partial charge < -0.3 is 10.1 Å². The lowest BCUT2D eigenvalue weighted by Gasteiger charge is -2.19. The molecule has 0 radical (unpaired) electrons. The van der Waals surface area contributed by atoms with Crippen molar-refractivity contribution in [2.45, 2.75) is 38.5 Å². The largest absolute Gasteiger partial charge is 0.377 e. The van der Waals surface area contributed by atoms with Gasteiger partial charge in [0.2, 0.25) is 0 Å². The molecule has 1 N–H and O–H groups in total. The highest BCUT2D eigenvalue weighted by Crippen LogP contribution is 2.25. The number of hydrogen-bond donors (Lipinski definition) is 1. The summed E-state index contributed by atoms with van der Waals surface area (Å²) in [6.07, 6.45) is 2.10. The molecule has 2 rings (SSSR count). The van der Waals surface area contributed by atoms with Crippen LogP contribution in [0.2, 0.25) is 0 Å².